The lowest BCUT2D eigenvalue weighted by atomic mass is 10.1. The molecule has 0 saturated carbocycles. The van der Waals surface area contributed by atoms with Gasteiger partial charge in [0.15, 0.2) is 0 Å². The first kappa shape index (κ1) is 19.1. The first-order valence-corrected chi connectivity index (χ1v) is 8.44. The van der Waals surface area contributed by atoms with Crippen LogP contribution >= 0.6 is 0 Å². The molecule has 0 radical (unpaired) electrons. The SMILES string of the molecule is C=CCc1ccccc1OCC#CCNC(=O)c1ccc(N(C)C)cc1. The number of hydrogen-bond acceptors (Lipinski definition) is 3. The largest absolute Gasteiger partial charge is 0.481 e. The molecule has 0 bridgehead atoms. The van der Waals surface area contributed by atoms with Gasteiger partial charge in [0.25, 0.3) is 5.91 Å². The molecule has 4 heteroatoms. The summed E-state index contributed by atoms with van der Waals surface area (Å²) in [6, 6.07) is 15.3. The molecule has 134 valence electrons. The maximum atomic E-state index is 12.1. The minimum atomic E-state index is -0.137. The second-order valence-corrected chi connectivity index (χ2v) is 5.87. The number of carbonyl (C=O) groups is 1. The van der Waals surface area contributed by atoms with E-state index in [1.807, 2.05) is 61.5 Å². The van der Waals surface area contributed by atoms with Crippen LogP contribution in [0.5, 0.6) is 5.75 Å². The third-order valence-corrected chi connectivity index (χ3v) is 3.74. The van der Waals surface area contributed by atoms with E-state index in [2.05, 4.69) is 23.7 Å². The highest BCUT2D eigenvalue weighted by atomic mass is 16.5. The Labute approximate surface area is 155 Å². The number of rotatable bonds is 7. The molecular formula is C22H24N2O2. The van der Waals surface area contributed by atoms with Crippen LogP contribution in [-0.4, -0.2) is 33.2 Å². The number of nitrogens with one attached hydrogen (secondary N) is 1. The van der Waals surface area contributed by atoms with Gasteiger partial charge in [0.1, 0.15) is 12.4 Å². The highest BCUT2D eigenvalue weighted by Gasteiger charge is 2.04. The molecule has 26 heavy (non-hydrogen) atoms. The van der Waals surface area contributed by atoms with Crippen LogP contribution in [0.25, 0.3) is 0 Å². The van der Waals surface area contributed by atoms with Crippen molar-refractivity contribution in [3.05, 3.63) is 72.3 Å². The minimum Gasteiger partial charge on any atom is -0.481 e. The Morgan fingerprint density at radius 3 is 2.58 bits per heavy atom. The molecule has 0 heterocycles. The zero-order chi connectivity index (χ0) is 18.8. The predicted molar refractivity (Wildman–Crippen MR) is 107 cm³/mol. The van der Waals surface area contributed by atoms with Crippen LogP contribution in [0.3, 0.4) is 0 Å². The lowest BCUT2D eigenvalue weighted by molar-refractivity contribution is 0.0958. The van der Waals surface area contributed by atoms with Gasteiger partial charge in [-0.2, -0.15) is 0 Å². The fraction of sp³-hybridized carbons (Fsp3) is 0.227. The monoisotopic (exact) mass is 348 g/mol. The van der Waals surface area contributed by atoms with Gasteiger partial charge in [0.05, 0.1) is 6.54 Å². The topological polar surface area (TPSA) is 41.6 Å². The summed E-state index contributed by atoms with van der Waals surface area (Å²) >= 11 is 0. The number of amides is 1. The Bertz CT molecular complexity index is 799. The summed E-state index contributed by atoms with van der Waals surface area (Å²) in [6.45, 7) is 4.31. The van der Waals surface area contributed by atoms with E-state index in [-0.39, 0.29) is 19.1 Å². The zero-order valence-corrected chi connectivity index (χ0v) is 15.3. The number of allylic oxidation sites excluding steroid dienone is 1. The van der Waals surface area contributed by atoms with Crippen molar-refractivity contribution in [3.8, 4) is 17.6 Å². The van der Waals surface area contributed by atoms with Crippen LogP contribution in [0.1, 0.15) is 15.9 Å². The summed E-state index contributed by atoms with van der Waals surface area (Å²) in [5.41, 5.74) is 2.75. The quantitative estimate of drug-likeness (QED) is 0.617. The van der Waals surface area contributed by atoms with E-state index in [0.717, 1.165) is 23.4 Å². The highest BCUT2D eigenvalue weighted by Crippen LogP contribution is 2.18. The highest BCUT2D eigenvalue weighted by molar-refractivity contribution is 5.94. The molecule has 1 amide bonds. The van der Waals surface area contributed by atoms with Gasteiger partial charge in [-0.25, -0.2) is 0 Å². The number of nitrogens with zero attached hydrogens (tertiary/aromatic N) is 1. The molecule has 0 atom stereocenters. The molecule has 4 nitrogen and oxygen atoms in total. The van der Waals surface area contributed by atoms with Crippen molar-refractivity contribution in [2.75, 3.05) is 32.1 Å². The van der Waals surface area contributed by atoms with Crippen LogP contribution in [0.4, 0.5) is 5.69 Å². The fourth-order valence-corrected chi connectivity index (χ4v) is 2.33. The summed E-state index contributed by atoms with van der Waals surface area (Å²) in [4.78, 5) is 14.0. The van der Waals surface area contributed by atoms with Gasteiger partial charge in [-0.1, -0.05) is 36.1 Å². The first-order chi connectivity index (χ1) is 12.6. The summed E-state index contributed by atoms with van der Waals surface area (Å²) in [6.07, 6.45) is 2.60. The van der Waals surface area contributed by atoms with Crippen LogP contribution in [0.2, 0.25) is 0 Å². The molecule has 1 N–H and O–H groups in total. The van der Waals surface area contributed by atoms with E-state index in [0.29, 0.717) is 5.56 Å². The molecular weight excluding hydrogens is 324 g/mol. The van der Waals surface area contributed by atoms with E-state index in [4.69, 9.17) is 4.74 Å². The van der Waals surface area contributed by atoms with Gasteiger partial charge in [-0.3, -0.25) is 4.79 Å². The lowest BCUT2D eigenvalue weighted by Crippen LogP contribution is -2.23. The van der Waals surface area contributed by atoms with E-state index in [9.17, 15) is 4.79 Å². The van der Waals surface area contributed by atoms with E-state index < -0.39 is 0 Å². The Hall–Kier alpha value is -3.19. The predicted octanol–water partition coefficient (Wildman–Crippen LogP) is 3.29. The molecule has 0 aliphatic rings. The lowest BCUT2D eigenvalue weighted by Gasteiger charge is -2.12. The van der Waals surface area contributed by atoms with Gasteiger partial charge in [-0.15, -0.1) is 6.58 Å². The standard InChI is InChI=1S/C22H24N2O2/c1-4-9-18-10-5-6-11-21(18)26-17-8-7-16-23-22(25)19-12-14-20(15-13-19)24(2)3/h4-6,10-15H,1,9,16-17H2,2-3H3,(H,23,25). The van der Waals surface area contributed by atoms with Gasteiger partial charge in [0, 0.05) is 25.3 Å². The van der Waals surface area contributed by atoms with Crippen LogP contribution < -0.4 is 15.0 Å². The minimum absolute atomic E-state index is 0.137. The third kappa shape index (κ3) is 5.71. The summed E-state index contributed by atoms with van der Waals surface area (Å²) in [5, 5.41) is 2.78. The van der Waals surface area contributed by atoms with Crippen molar-refractivity contribution >= 4 is 11.6 Å². The van der Waals surface area contributed by atoms with Crippen LogP contribution in [0, 0.1) is 11.8 Å². The molecule has 0 unspecified atom stereocenters. The van der Waals surface area contributed by atoms with Crippen molar-refractivity contribution in [2.45, 2.75) is 6.42 Å². The number of hydrogen-bond donors (Lipinski definition) is 1. The number of para-hydroxylation sites is 1. The summed E-state index contributed by atoms with van der Waals surface area (Å²) in [7, 11) is 3.92. The van der Waals surface area contributed by atoms with Crippen molar-refractivity contribution in [1.82, 2.24) is 5.32 Å². The molecule has 2 rings (SSSR count). The first-order valence-electron chi connectivity index (χ1n) is 8.44. The molecule has 0 aromatic heterocycles. The van der Waals surface area contributed by atoms with Gasteiger partial charge < -0.3 is 15.0 Å². The molecule has 0 aliphatic carbocycles. The van der Waals surface area contributed by atoms with Crippen molar-refractivity contribution in [3.63, 3.8) is 0 Å². The second kappa shape index (κ2) is 9.95. The molecule has 0 saturated heterocycles. The van der Waals surface area contributed by atoms with Crippen LogP contribution in [0.15, 0.2) is 61.2 Å². The van der Waals surface area contributed by atoms with Crippen molar-refractivity contribution in [2.24, 2.45) is 0 Å². The summed E-state index contributed by atoms with van der Waals surface area (Å²) < 4.78 is 5.68. The molecule has 2 aromatic carbocycles. The van der Waals surface area contributed by atoms with Crippen molar-refractivity contribution < 1.29 is 9.53 Å². The normalized spacial score (nSPS) is 9.62. The third-order valence-electron chi connectivity index (χ3n) is 3.74. The Morgan fingerprint density at radius 1 is 1.15 bits per heavy atom. The average Bonchev–Trinajstić information content (AvgIpc) is 2.66. The maximum absolute atomic E-state index is 12.1. The Balaban J connectivity index is 1.78. The maximum Gasteiger partial charge on any atom is 0.252 e. The number of ether oxygens (including phenoxy) is 1. The summed E-state index contributed by atoms with van der Waals surface area (Å²) in [5.74, 6) is 6.49. The smallest absolute Gasteiger partial charge is 0.252 e. The second-order valence-electron chi connectivity index (χ2n) is 5.87. The molecule has 0 fully saturated rings. The number of anilines is 1. The molecule has 0 aliphatic heterocycles. The Kier molecular flexibility index (Phi) is 7.32. The van der Waals surface area contributed by atoms with Crippen LogP contribution in [-0.2, 0) is 6.42 Å². The van der Waals surface area contributed by atoms with Gasteiger partial charge >= 0.3 is 0 Å². The number of benzene rings is 2. The van der Waals surface area contributed by atoms with Gasteiger partial charge in [0.2, 0.25) is 0 Å². The number of carbonyl (C=O) groups excluding carboxylic acids is 1. The molecule has 2 aromatic rings. The van der Waals surface area contributed by atoms with E-state index >= 15 is 0 Å². The molecule has 0 spiro atoms. The van der Waals surface area contributed by atoms with E-state index in [1.165, 1.54) is 0 Å². The Morgan fingerprint density at radius 2 is 1.88 bits per heavy atom. The average molecular weight is 348 g/mol. The zero-order valence-electron chi connectivity index (χ0n) is 15.3. The fourth-order valence-electron chi connectivity index (χ4n) is 2.33. The van der Waals surface area contributed by atoms with Gasteiger partial charge in [-0.05, 0) is 42.3 Å². The van der Waals surface area contributed by atoms with Crippen molar-refractivity contribution in [1.29, 1.82) is 0 Å². The van der Waals surface area contributed by atoms with E-state index in [1.54, 1.807) is 12.1 Å².